The van der Waals surface area contributed by atoms with E-state index >= 15 is 0 Å². The van der Waals surface area contributed by atoms with E-state index in [0.29, 0.717) is 19.0 Å². The van der Waals surface area contributed by atoms with Crippen molar-refractivity contribution in [1.82, 2.24) is 15.2 Å². The first kappa shape index (κ1) is 21.8. The number of aromatic nitrogens is 1. The van der Waals surface area contributed by atoms with Crippen molar-refractivity contribution in [2.75, 3.05) is 26.4 Å². The van der Waals surface area contributed by atoms with E-state index in [4.69, 9.17) is 9.47 Å². The molecule has 6 heteroatoms. The molecule has 3 heterocycles. The predicted molar refractivity (Wildman–Crippen MR) is 130 cm³/mol. The number of fused-ring (bicyclic) bond motifs is 2. The van der Waals surface area contributed by atoms with E-state index in [2.05, 4.69) is 34.3 Å². The second-order valence-electron chi connectivity index (χ2n) is 9.24. The second-order valence-corrected chi connectivity index (χ2v) is 9.24. The molecule has 0 saturated carbocycles. The molecule has 1 amide bonds. The van der Waals surface area contributed by atoms with Crippen LogP contribution in [0.4, 0.5) is 0 Å². The van der Waals surface area contributed by atoms with Crippen LogP contribution in [0.3, 0.4) is 0 Å². The number of likely N-dealkylation sites (tertiary alicyclic amines) is 1. The number of rotatable bonds is 8. The van der Waals surface area contributed by atoms with Gasteiger partial charge in [-0.05, 0) is 62.1 Å². The molecule has 33 heavy (non-hydrogen) atoms. The lowest BCUT2D eigenvalue weighted by molar-refractivity contribution is -0.121. The summed E-state index contributed by atoms with van der Waals surface area (Å²) in [6.07, 6.45) is 7.32. The van der Waals surface area contributed by atoms with Gasteiger partial charge in [0.25, 0.3) is 0 Å². The van der Waals surface area contributed by atoms with Crippen molar-refractivity contribution < 1.29 is 14.3 Å². The summed E-state index contributed by atoms with van der Waals surface area (Å²) in [5.74, 6) is 1.51. The first-order valence-electron chi connectivity index (χ1n) is 12.2. The van der Waals surface area contributed by atoms with Gasteiger partial charge < -0.3 is 24.7 Å². The van der Waals surface area contributed by atoms with E-state index in [1.165, 1.54) is 25.8 Å². The van der Waals surface area contributed by atoms with Crippen molar-refractivity contribution in [2.45, 2.75) is 51.0 Å². The number of benzene rings is 2. The van der Waals surface area contributed by atoms with Gasteiger partial charge >= 0.3 is 0 Å². The van der Waals surface area contributed by atoms with Crippen LogP contribution in [-0.4, -0.2) is 48.3 Å². The van der Waals surface area contributed by atoms with Gasteiger partial charge in [-0.3, -0.25) is 4.79 Å². The summed E-state index contributed by atoms with van der Waals surface area (Å²) in [6.45, 7) is 5.50. The largest absolute Gasteiger partial charge is 0.454 e. The number of carbonyl (C=O) groups excluding carboxylic acids is 1. The second kappa shape index (κ2) is 9.87. The molecule has 0 unspecified atom stereocenters. The van der Waals surface area contributed by atoms with Crippen molar-refractivity contribution in [3.63, 3.8) is 0 Å². The third-order valence-electron chi connectivity index (χ3n) is 7.07. The fourth-order valence-corrected chi connectivity index (χ4v) is 5.18. The number of piperidine rings is 1. The topological polar surface area (TPSA) is 66.6 Å². The molecule has 5 rings (SSSR count). The third-order valence-corrected chi connectivity index (χ3v) is 7.07. The lowest BCUT2D eigenvalue weighted by Gasteiger charge is -2.33. The van der Waals surface area contributed by atoms with Crippen molar-refractivity contribution in [2.24, 2.45) is 0 Å². The van der Waals surface area contributed by atoms with Gasteiger partial charge in [-0.1, -0.05) is 30.7 Å². The van der Waals surface area contributed by atoms with E-state index in [0.717, 1.165) is 46.5 Å². The highest BCUT2D eigenvalue weighted by Crippen LogP contribution is 2.39. The highest BCUT2D eigenvalue weighted by Gasteiger charge is 2.24. The normalized spacial score (nSPS) is 19.0. The van der Waals surface area contributed by atoms with Gasteiger partial charge in [0.2, 0.25) is 12.7 Å². The monoisotopic (exact) mass is 447 g/mol. The maximum atomic E-state index is 13.0. The van der Waals surface area contributed by atoms with Crippen molar-refractivity contribution in [3.8, 4) is 11.5 Å². The van der Waals surface area contributed by atoms with Crippen LogP contribution < -0.4 is 14.8 Å². The van der Waals surface area contributed by atoms with Crippen LogP contribution in [0.5, 0.6) is 11.5 Å². The highest BCUT2D eigenvalue weighted by molar-refractivity contribution is 5.86. The molecule has 174 valence electrons. The summed E-state index contributed by atoms with van der Waals surface area (Å²) < 4.78 is 11.1. The minimum absolute atomic E-state index is 0.0715. The minimum Gasteiger partial charge on any atom is -0.454 e. The standard InChI is InChI=1S/C27H33N3O3/c1-19-7-4-5-13-30(19)14-6-12-28-27(31)16-22(20-10-11-25-26(15-20)33-18-32-25)23-17-29-24-9-3-2-8-21(23)24/h2-3,8-11,15,17,19,22,29H,4-7,12-14,16,18H2,1H3,(H,28,31)/t19-,22+/m1/s1. The Morgan fingerprint density at radius 2 is 2.06 bits per heavy atom. The zero-order valence-electron chi connectivity index (χ0n) is 19.3. The molecule has 2 aliphatic rings. The fourth-order valence-electron chi connectivity index (χ4n) is 5.18. The summed E-state index contributed by atoms with van der Waals surface area (Å²) in [5.41, 5.74) is 3.26. The lowest BCUT2D eigenvalue weighted by Crippen LogP contribution is -2.39. The lowest BCUT2D eigenvalue weighted by atomic mass is 9.87. The Labute approximate surface area is 195 Å². The number of nitrogens with one attached hydrogen (secondary N) is 2. The van der Waals surface area contributed by atoms with Crippen molar-refractivity contribution in [3.05, 3.63) is 59.8 Å². The highest BCUT2D eigenvalue weighted by atomic mass is 16.7. The van der Waals surface area contributed by atoms with Gasteiger partial charge in [-0.2, -0.15) is 0 Å². The Morgan fingerprint density at radius 1 is 1.18 bits per heavy atom. The molecule has 6 nitrogen and oxygen atoms in total. The van der Waals surface area contributed by atoms with Crippen LogP contribution in [0.15, 0.2) is 48.7 Å². The summed E-state index contributed by atoms with van der Waals surface area (Å²) >= 11 is 0. The molecule has 2 aliphatic heterocycles. The maximum absolute atomic E-state index is 13.0. The zero-order valence-corrected chi connectivity index (χ0v) is 19.3. The molecule has 0 bridgehead atoms. The summed E-state index contributed by atoms with van der Waals surface area (Å²) in [7, 11) is 0. The number of nitrogens with zero attached hydrogens (tertiary/aromatic N) is 1. The number of amides is 1. The maximum Gasteiger partial charge on any atom is 0.231 e. The van der Waals surface area contributed by atoms with Crippen molar-refractivity contribution >= 4 is 16.8 Å². The van der Waals surface area contributed by atoms with Crippen LogP contribution in [0.1, 0.15) is 56.1 Å². The number of hydrogen-bond donors (Lipinski definition) is 2. The zero-order chi connectivity index (χ0) is 22.6. The van der Waals surface area contributed by atoms with Crippen LogP contribution in [-0.2, 0) is 4.79 Å². The molecule has 0 radical (unpaired) electrons. The molecular weight excluding hydrogens is 414 g/mol. The molecule has 2 N–H and O–H groups in total. The van der Waals surface area contributed by atoms with Crippen LogP contribution >= 0.6 is 0 Å². The fraction of sp³-hybridized carbons (Fsp3) is 0.444. The molecule has 2 aromatic carbocycles. The van der Waals surface area contributed by atoms with E-state index in [1.54, 1.807) is 0 Å². The smallest absolute Gasteiger partial charge is 0.231 e. The molecule has 2 atom stereocenters. The number of H-pyrrole nitrogens is 1. The van der Waals surface area contributed by atoms with Gasteiger partial charge in [0.05, 0.1) is 0 Å². The molecule has 1 aromatic heterocycles. The summed E-state index contributed by atoms with van der Waals surface area (Å²) in [6, 6.07) is 14.9. The van der Waals surface area contributed by atoms with Crippen LogP contribution in [0.2, 0.25) is 0 Å². The average Bonchev–Trinajstić information content (AvgIpc) is 3.48. The third kappa shape index (κ3) is 4.86. The number of hydrogen-bond acceptors (Lipinski definition) is 4. The Hall–Kier alpha value is -2.99. The van der Waals surface area contributed by atoms with Crippen LogP contribution in [0, 0.1) is 0 Å². The first-order chi connectivity index (χ1) is 16.2. The van der Waals surface area contributed by atoms with Gasteiger partial charge in [-0.25, -0.2) is 0 Å². The molecule has 1 fully saturated rings. The molecule has 3 aromatic rings. The average molecular weight is 448 g/mol. The minimum atomic E-state index is -0.0715. The molecular formula is C27H33N3O3. The first-order valence-corrected chi connectivity index (χ1v) is 12.2. The van der Waals surface area contributed by atoms with Gasteiger partial charge in [0.15, 0.2) is 11.5 Å². The van der Waals surface area contributed by atoms with Crippen LogP contribution in [0.25, 0.3) is 10.9 Å². The Morgan fingerprint density at radius 3 is 2.97 bits per heavy atom. The number of carbonyl (C=O) groups is 1. The van der Waals surface area contributed by atoms with E-state index in [-0.39, 0.29) is 18.6 Å². The van der Waals surface area contributed by atoms with Gasteiger partial charge in [0, 0.05) is 48.6 Å². The Kier molecular flexibility index (Phi) is 6.53. The SMILES string of the molecule is C[C@@H]1CCCCN1CCCNC(=O)C[C@@H](c1ccc2c(c1)OCO2)c1c[nH]c2ccccc12. The van der Waals surface area contributed by atoms with E-state index < -0.39 is 0 Å². The molecule has 1 saturated heterocycles. The Balaban J connectivity index is 1.28. The van der Waals surface area contributed by atoms with E-state index in [9.17, 15) is 4.79 Å². The number of ether oxygens (including phenoxy) is 2. The predicted octanol–water partition coefficient (Wildman–Crippen LogP) is 4.80. The van der Waals surface area contributed by atoms with Gasteiger partial charge in [0.1, 0.15) is 0 Å². The number of para-hydroxylation sites is 1. The van der Waals surface area contributed by atoms with Gasteiger partial charge in [-0.15, -0.1) is 0 Å². The summed E-state index contributed by atoms with van der Waals surface area (Å²) in [5, 5.41) is 4.31. The summed E-state index contributed by atoms with van der Waals surface area (Å²) in [4.78, 5) is 18.9. The molecule has 0 spiro atoms. The van der Waals surface area contributed by atoms with E-state index in [1.807, 2.05) is 36.5 Å². The molecule has 0 aliphatic carbocycles. The Bertz CT molecular complexity index is 1110. The van der Waals surface area contributed by atoms with Crippen molar-refractivity contribution in [1.29, 1.82) is 0 Å². The quantitative estimate of drug-likeness (QED) is 0.487. The number of aromatic amines is 1.